The molecule has 6 rings (SSSR count). The number of aromatic amines is 1. The number of ether oxygens (including phenoxy) is 1. The van der Waals surface area contributed by atoms with Crippen LogP contribution in [0.15, 0.2) is 108 Å². The van der Waals surface area contributed by atoms with Crippen LogP contribution in [0.4, 0.5) is 25.6 Å². The molecule has 1 aliphatic rings. The van der Waals surface area contributed by atoms with Gasteiger partial charge in [-0.2, -0.15) is 0 Å². The number of phenolic OH excluding ortho intramolecular Hbond substituents is 1. The third kappa shape index (κ3) is 13.2. The number of aromatic hydroxyl groups is 1. The second-order valence-corrected chi connectivity index (χ2v) is 14.7. The average Bonchev–Trinajstić information content (AvgIpc) is 3.23. The number of hydrogen-bond donors (Lipinski definition) is 6. The van der Waals surface area contributed by atoms with E-state index in [1.54, 1.807) is 24.1 Å². The van der Waals surface area contributed by atoms with E-state index in [0.29, 0.717) is 86.0 Å². The predicted octanol–water partition coefficient (Wildman–Crippen LogP) is 6.70. The second-order valence-electron chi connectivity index (χ2n) is 14.7. The van der Waals surface area contributed by atoms with Gasteiger partial charge in [0.15, 0.2) is 0 Å². The molecule has 0 spiro atoms. The van der Waals surface area contributed by atoms with Crippen molar-refractivity contribution in [2.24, 2.45) is 0 Å². The van der Waals surface area contributed by atoms with Gasteiger partial charge in [-0.05, 0) is 72.7 Å². The number of H-pyrrole nitrogens is 1. The van der Waals surface area contributed by atoms with Gasteiger partial charge >= 0.3 is 6.09 Å². The minimum Gasteiger partial charge on any atom is -0.506 e. The molecule has 1 saturated heterocycles. The third-order valence-electron chi connectivity index (χ3n) is 10.4. The Morgan fingerprint density at radius 3 is 2.33 bits per heavy atom. The molecule has 0 aliphatic carbocycles. The number of para-hydroxylation sites is 1. The lowest BCUT2D eigenvalue weighted by Gasteiger charge is -2.31. The van der Waals surface area contributed by atoms with Gasteiger partial charge in [0, 0.05) is 81.9 Å². The molecule has 0 radical (unpaired) electrons. The summed E-state index contributed by atoms with van der Waals surface area (Å²) in [6, 6.07) is 31.1. The Hall–Kier alpha value is -6.16. The van der Waals surface area contributed by atoms with E-state index in [4.69, 9.17) is 4.74 Å². The number of piperidine rings is 1. The number of unbranched alkanes of at least 4 members (excludes halogenated alkanes) is 1. The Morgan fingerprint density at radius 1 is 0.867 bits per heavy atom. The van der Waals surface area contributed by atoms with E-state index >= 15 is 0 Å². The summed E-state index contributed by atoms with van der Waals surface area (Å²) in [5.74, 6) is -0.0829. The molecule has 60 heavy (non-hydrogen) atoms. The van der Waals surface area contributed by atoms with E-state index in [2.05, 4.69) is 25.8 Å². The number of halogens is 2. The fourth-order valence-corrected chi connectivity index (χ4v) is 7.15. The number of likely N-dealkylation sites (tertiary alicyclic amines) is 1. The van der Waals surface area contributed by atoms with Crippen LogP contribution in [0.5, 0.6) is 5.75 Å². The molecule has 1 aromatic heterocycles. The summed E-state index contributed by atoms with van der Waals surface area (Å²) in [5, 5.41) is 30.5. The summed E-state index contributed by atoms with van der Waals surface area (Å²) in [6.45, 7) is 3.46. The van der Waals surface area contributed by atoms with Gasteiger partial charge in [-0.25, -0.2) is 4.79 Å². The lowest BCUT2D eigenvalue weighted by atomic mass is 10.0. The maximum Gasteiger partial charge on any atom is 0.411 e. The van der Waals surface area contributed by atoms with Gasteiger partial charge in [0.25, 0.3) is 0 Å². The molecular weight excluding hydrogens is 775 g/mol. The number of carbonyl (C=O) groups is 3. The van der Waals surface area contributed by atoms with Crippen molar-refractivity contribution >= 4 is 40.2 Å². The number of rotatable bonds is 17. The third-order valence-corrected chi connectivity index (χ3v) is 10.4. The normalized spacial score (nSPS) is 13.4. The molecule has 320 valence electrons. The molecule has 15 heteroatoms. The summed E-state index contributed by atoms with van der Waals surface area (Å²) >= 11 is 0. The van der Waals surface area contributed by atoms with Gasteiger partial charge < -0.3 is 40.4 Å². The maximum atomic E-state index is 12.8. The number of nitrogens with one attached hydrogen (secondary N) is 4. The number of aliphatic hydroxyl groups is 1. The van der Waals surface area contributed by atoms with Crippen molar-refractivity contribution in [1.82, 2.24) is 20.1 Å². The Bertz CT molecular complexity index is 2220. The Kier molecular flexibility index (Phi) is 17.7. The van der Waals surface area contributed by atoms with Crippen molar-refractivity contribution in [2.45, 2.75) is 57.3 Å². The highest BCUT2D eigenvalue weighted by atomic mass is 19.0. The number of nitrogens with zero attached hydrogens (tertiary/aromatic N) is 2. The van der Waals surface area contributed by atoms with Gasteiger partial charge in [0.2, 0.25) is 17.4 Å². The van der Waals surface area contributed by atoms with Crippen LogP contribution in [-0.4, -0.2) is 88.8 Å². The van der Waals surface area contributed by atoms with Crippen molar-refractivity contribution in [3.05, 3.63) is 125 Å². The second kappa shape index (κ2) is 22.8. The van der Waals surface area contributed by atoms with E-state index in [9.17, 15) is 29.4 Å². The van der Waals surface area contributed by atoms with Crippen LogP contribution in [0, 0.1) is 0 Å². The van der Waals surface area contributed by atoms with Crippen molar-refractivity contribution in [1.29, 1.82) is 0 Å². The van der Waals surface area contributed by atoms with Crippen molar-refractivity contribution in [3.8, 4) is 16.9 Å². The first kappa shape index (κ1) is 46.5. The molecule has 1 aliphatic heterocycles. The van der Waals surface area contributed by atoms with Gasteiger partial charge in [0.05, 0.1) is 17.3 Å². The Balaban J connectivity index is 0.00000397. The lowest BCUT2D eigenvalue weighted by molar-refractivity contribution is -0.130. The van der Waals surface area contributed by atoms with Crippen LogP contribution in [0.2, 0.25) is 0 Å². The zero-order valence-corrected chi connectivity index (χ0v) is 33.6. The fourth-order valence-electron chi connectivity index (χ4n) is 7.15. The number of fused-ring (bicyclic) bond motifs is 1. The molecule has 1 atom stereocenters. The molecule has 0 saturated carbocycles. The first-order valence-corrected chi connectivity index (χ1v) is 19.8. The number of anilines is 2. The van der Waals surface area contributed by atoms with E-state index in [-0.39, 0.29) is 45.2 Å². The maximum absolute atomic E-state index is 12.8. The number of hydrogen-bond acceptors (Lipinski definition) is 9. The SMILES string of the molecule is CN(CCCCC(=O)Nc1ccc(CNC[C@H](O)c2ccc(O)c3[nH]c(=O)ccc23)cc1)C(=O)CCN1CCC(OC(=O)Nc2ccccc2-c2ccccc2)CC1.F.F. The zero-order chi connectivity index (χ0) is 40.9. The van der Waals surface area contributed by atoms with Crippen LogP contribution in [-0.2, 0) is 20.9 Å². The van der Waals surface area contributed by atoms with Crippen molar-refractivity contribution in [2.75, 3.05) is 50.4 Å². The Morgan fingerprint density at radius 2 is 1.58 bits per heavy atom. The van der Waals surface area contributed by atoms with E-state index in [1.165, 1.54) is 12.1 Å². The topological polar surface area (TPSA) is 176 Å². The van der Waals surface area contributed by atoms with Gasteiger partial charge in [-0.15, -0.1) is 0 Å². The number of aromatic nitrogens is 1. The first-order chi connectivity index (χ1) is 28.1. The number of amides is 3. The summed E-state index contributed by atoms with van der Waals surface area (Å²) in [7, 11) is 1.80. The van der Waals surface area contributed by atoms with Crippen molar-refractivity contribution < 1.29 is 38.7 Å². The number of benzene rings is 4. The first-order valence-electron chi connectivity index (χ1n) is 19.8. The highest BCUT2D eigenvalue weighted by Crippen LogP contribution is 2.29. The largest absolute Gasteiger partial charge is 0.506 e. The molecule has 0 bridgehead atoms. The van der Waals surface area contributed by atoms with Crippen LogP contribution < -0.4 is 21.5 Å². The predicted molar refractivity (Wildman–Crippen MR) is 231 cm³/mol. The lowest BCUT2D eigenvalue weighted by Crippen LogP contribution is -2.40. The summed E-state index contributed by atoms with van der Waals surface area (Å²) in [5.41, 5.74) is 4.86. The number of carbonyl (C=O) groups excluding carboxylic acids is 3. The summed E-state index contributed by atoms with van der Waals surface area (Å²) in [6.07, 6.45) is 2.03. The molecule has 13 nitrogen and oxygen atoms in total. The molecule has 0 unspecified atom stereocenters. The average molecular weight is 829 g/mol. The van der Waals surface area contributed by atoms with Crippen LogP contribution >= 0.6 is 0 Å². The molecular formula is C45H54F2N6O7. The van der Waals surface area contributed by atoms with Gasteiger partial charge in [0.1, 0.15) is 11.9 Å². The molecule has 5 aromatic rings. The molecule has 3 amide bonds. The number of pyridine rings is 1. The quantitative estimate of drug-likeness (QED) is 0.0558. The summed E-state index contributed by atoms with van der Waals surface area (Å²) in [4.78, 5) is 56.4. The highest BCUT2D eigenvalue weighted by Gasteiger charge is 2.24. The minimum absolute atomic E-state index is 0. The van der Waals surface area contributed by atoms with Crippen LogP contribution in [0.1, 0.15) is 55.8 Å². The number of aliphatic hydroxyl groups excluding tert-OH is 1. The van der Waals surface area contributed by atoms with Gasteiger partial charge in [-0.3, -0.25) is 29.1 Å². The molecule has 4 aromatic carbocycles. The molecule has 2 heterocycles. The fraction of sp³-hybridized carbons (Fsp3) is 0.333. The van der Waals surface area contributed by atoms with Gasteiger partial charge in [-0.1, -0.05) is 66.7 Å². The van der Waals surface area contributed by atoms with E-state index in [0.717, 1.165) is 29.8 Å². The van der Waals surface area contributed by atoms with Crippen LogP contribution in [0.3, 0.4) is 0 Å². The highest BCUT2D eigenvalue weighted by molar-refractivity contribution is 5.92. The monoisotopic (exact) mass is 828 g/mol. The van der Waals surface area contributed by atoms with E-state index < -0.39 is 12.2 Å². The zero-order valence-electron chi connectivity index (χ0n) is 33.6. The standard InChI is InChI=1S/C45H52N6O7.2FH/c1-50(43(56)24-28-51-26-22-34(23-27-51)58-45(57)48-38-12-6-5-11-35(38)32-9-3-2-4-10-32)25-8-7-13-41(54)47-33-16-14-31(15-17-33)29-46-30-40(53)36-18-20-39(52)44-37(36)19-21-42(55)49-44;;/h2-6,9-12,14-21,34,40,46,52-53H,7-8,13,22-30H2,1H3,(H,47,54)(H,48,57)(H,49,55);2*1H/t40-;;/m0../s1. The van der Waals surface area contributed by atoms with Crippen molar-refractivity contribution in [3.63, 3.8) is 0 Å². The summed E-state index contributed by atoms with van der Waals surface area (Å²) < 4.78 is 5.75. The molecule has 1 fully saturated rings. The number of phenols is 1. The van der Waals surface area contributed by atoms with Crippen LogP contribution in [0.25, 0.3) is 22.0 Å². The molecule has 6 N–H and O–H groups in total. The Labute approximate surface area is 347 Å². The van der Waals surface area contributed by atoms with E-state index in [1.807, 2.05) is 78.9 Å². The minimum atomic E-state index is -0.862. The smallest absolute Gasteiger partial charge is 0.411 e.